The molecule has 1 N–H and O–H groups in total. The van der Waals surface area contributed by atoms with Crippen molar-refractivity contribution in [3.63, 3.8) is 0 Å². The summed E-state index contributed by atoms with van der Waals surface area (Å²) >= 11 is 1.89. The van der Waals surface area contributed by atoms with E-state index in [-0.39, 0.29) is 0 Å². The second kappa shape index (κ2) is 9.57. The third kappa shape index (κ3) is 5.53. The molecule has 0 fully saturated rings. The van der Waals surface area contributed by atoms with Crippen LogP contribution in [0.1, 0.15) is 57.8 Å². The first-order valence-corrected chi connectivity index (χ1v) is 8.45. The first kappa shape index (κ1) is 15.7. The minimum atomic E-state index is 0.722. The zero-order valence-corrected chi connectivity index (χ0v) is 13.1. The fourth-order valence-electron chi connectivity index (χ4n) is 2.64. The smallest absolute Gasteiger partial charge is 0.00952 e. The van der Waals surface area contributed by atoms with Gasteiger partial charge in [-0.3, -0.25) is 0 Å². The van der Waals surface area contributed by atoms with Crippen LogP contribution in [0.15, 0.2) is 17.5 Å². The molecule has 0 aliphatic carbocycles. The summed E-state index contributed by atoms with van der Waals surface area (Å²) in [6.07, 6.45) is 7.74. The molecule has 0 saturated carbocycles. The Kier molecular flexibility index (Phi) is 8.36. The molecule has 1 heterocycles. The molecule has 104 valence electrons. The average molecular weight is 267 g/mol. The Morgan fingerprint density at radius 1 is 1.22 bits per heavy atom. The Hall–Kier alpha value is -0.340. The van der Waals surface area contributed by atoms with Crippen molar-refractivity contribution in [3.05, 3.63) is 22.4 Å². The summed E-state index contributed by atoms with van der Waals surface area (Å²) in [7, 11) is 0. The predicted molar refractivity (Wildman–Crippen MR) is 83.4 cm³/mol. The van der Waals surface area contributed by atoms with Crippen LogP contribution in [0, 0.1) is 5.92 Å². The van der Waals surface area contributed by atoms with Crippen LogP contribution in [0.3, 0.4) is 0 Å². The van der Waals surface area contributed by atoms with E-state index in [2.05, 4.69) is 43.6 Å². The van der Waals surface area contributed by atoms with E-state index in [4.69, 9.17) is 0 Å². The standard InChI is InChI=1S/C16H29NS/c1-4-12-17-16(14(5-2)6-3)11-7-9-15-10-8-13-18-15/h8,10,13-14,16-17H,4-7,9,11-12H2,1-3H3. The van der Waals surface area contributed by atoms with E-state index < -0.39 is 0 Å². The van der Waals surface area contributed by atoms with Crippen molar-refractivity contribution in [3.8, 4) is 0 Å². The van der Waals surface area contributed by atoms with Crippen LogP contribution in [0.5, 0.6) is 0 Å². The predicted octanol–water partition coefficient (Wildman–Crippen LogP) is 4.88. The van der Waals surface area contributed by atoms with Crippen molar-refractivity contribution in [1.29, 1.82) is 0 Å². The van der Waals surface area contributed by atoms with Gasteiger partial charge >= 0.3 is 0 Å². The lowest BCUT2D eigenvalue weighted by Crippen LogP contribution is -2.36. The molecule has 1 unspecified atom stereocenters. The largest absolute Gasteiger partial charge is 0.314 e. The molecule has 1 rings (SSSR count). The fraction of sp³-hybridized carbons (Fsp3) is 0.750. The maximum Gasteiger partial charge on any atom is 0.00952 e. The highest BCUT2D eigenvalue weighted by atomic mass is 32.1. The molecule has 18 heavy (non-hydrogen) atoms. The topological polar surface area (TPSA) is 12.0 Å². The Morgan fingerprint density at radius 2 is 2.00 bits per heavy atom. The van der Waals surface area contributed by atoms with Crippen LogP contribution in [-0.2, 0) is 6.42 Å². The molecule has 2 heteroatoms. The number of aryl methyl sites for hydroxylation is 1. The summed E-state index contributed by atoms with van der Waals surface area (Å²) in [5.41, 5.74) is 0. The second-order valence-electron chi connectivity index (χ2n) is 5.11. The first-order chi connectivity index (χ1) is 8.81. The number of hydrogen-bond donors (Lipinski definition) is 1. The highest BCUT2D eigenvalue weighted by Gasteiger charge is 2.17. The van der Waals surface area contributed by atoms with Crippen molar-refractivity contribution in [2.45, 2.75) is 65.3 Å². The quantitative estimate of drug-likeness (QED) is 0.637. The van der Waals surface area contributed by atoms with Gasteiger partial charge < -0.3 is 5.32 Å². The van der Waals surface area contributed by atoms with Gasteiger partial charge in [0.1, 0.15) is 0 Å². The minimum Gasteiger partial charge on any atom is -0.314 e. The Bertz CT molecular complexity index is 277. The molecule has 1 aromatic rings. The molecule has 0 aliphatic heterocycles. The number of thiophene rings is 1. The summed E-state index contributed by atoms with van der Waals surface area (Å²) in [6, 6.07) is 5.14. The summed E-state index contributed by atoms with van der Waals surface area (Å²) in [5, 5.41) is 5.94. The van der Waals surface area contributed by atoms with E-state index in [0.29, 0.717) is 0 Å². The van der Waals surface area contributed by atoms with Gasteiger partial charge in [0.05, 0.1) is 0 Å². The van der Waals surface area contributed by atoms with E-state index >= 15 is 0 Å². The molecule has 0 aromatic carbocycles. The van der Waals surface area contributed by atoms with Gasteiger partial charge in [0.15, 0.2) is 0 Å². The Balaban J connectivity index is 2.34. The van der Waals surface area contributed by atoms with Crippen molar-refractivity contribution >= 4 is 11.3 Å². The van der Waals surface area contributed by atoms with Crippen LogP contribution in [0.25, 0.3) is 0 Å². The third-order valence-corrected chi connectivity index (χ3v) is 4.73. The van der Waals surface area contributed by atoms with Gasteiger partial charge in [0.25, 0.3) is 0 Å². The number of nitrogens with one attached hydrogen (secondary N) is 1. The van der Waals surface area contributed by atoms with Crippen molar-refractivity contribution in [2.75, 3.05) is 6.54 Å². The van der Waals surface area contributed by atoms with Gasteiger partial charge in [-0.25, -0.2) is 0 Å². The lowest BCUT2D eigenvalue weighted by molar-refractivity contribution is 0.313. The zero-order chi connectivity index (χ0) is 13.2. The van der Waals surface area contributed by atoms with Gasteiger partial charge in [-0.05, 0) is 49.6 Å². The summed E-state index contributed by atoms with van der Waals surface area (Å²) in [6.45, 7) is 8.07. The van der Waals surface area contributed by atoms with E-state index in [0.717, 1.165) is 12.0 Å². The second-order valence-corrected chi connectivity index (χ2v) is 6.14. The van der Waals surface area contributed by atoms with E-state index in [1.807, 2.05) is 11.3 Å². The molecule has 0 radical (unpaired) electrons. The molecule has 1 nitrogen and oxygen atoms in total. The maximum absolute atomic E-state index is 3.75. The fourth-order valence-corrected chi connectivity index (χ4v) is 3.39. The monoisotopic (exact) mass is 267 g/mol. The van der Waals surface area contributed by atoms with E-state index in [9.17, 15) is 0 Å². The highest BCUT2D eigenvalue weighted by molar-refractivity contribution is 7.09. The van der Waals surface area contributed by atoms with Crippen LogP contribution < -0.4 is 5.32 Å². The Labute approximate surface area is 117 Å². The van der Waals surface area contributed by atoms with Crippen molar-refractivity contribution in [1.82, 2.24) is 5.32 Å². The van der Waals surface area contributed by atoms with Crippen LogP contribution >= 0.6 is 11.3 Å². The molecule has 1 atom stereocenters. The number of rotatable bonds is 10. The van der Waals surface area contributed by atoms with Gasteiger partial charge in [-0.2, -0.15) is 0 Å². The van der Waals surface area contributed by atoms with Gasteiger partial charge in [0, 0.05) is 10.9 Å². The van der Waals surface area contributed by atoms with Gasteiger partial charge in [-0.15, -0.1) is 11.3 Å². The normalized spacial score (nSPS) is 13.1. The molecular weight excluding hydrogens is 238 g/mol. The average Bonchev–Trinajstić information content (AvgIpc) is 2.89. The molecule has 0 aliphatic rings. The Morgan fingerprint density at radius 3 is 2.56 bits per heavy atom. The molecule has 0 bridgehead atoms. The SMILES string of the molecule is CCCNC(CCCc1cccs1)C(CC)CC. The minimum absolute atomic E-state index is 0.722. The molecule has 0 amide bonds. The lowest BCUT2D eigenvalue weighted by atomic mass is 9.90. The molecule has 0 spiro atoms. The highest BCUT2D eigenvalue weighted by Crippen LogP contribution is 2.19. The summed E-state index contributed by atoms with van der Waals surface area (Å²) < 4.78 is 0. The molecule has 0 saturated heterocycles. The molecular formula is C16H29NS. The van der Waals surface area contributed by atoms with E-state index in [1.165, 1.54) is 49.9 Å². The van der Waals surface area contributed by atoms with Gasteiger partial charge in [0.2, 0.25) is 0 Å². The summed E-state index contributed by atoms with van der Waals surface area (Å²) in [4.78, 5) is 1.54. The van der Waals surface area contributed by atoms with E-state index in [1.54, 1.807) is 0 Å². The third-order valence-electron chi connectivity index (χ3n) is 3.79. The van der Waals surface area contributed by atoms with Crippen molar-refractivity contribution < 1.29 is 0 Å². The molecule has 1 aromatic heterocycles. The lowest BCUT2D eigenvalue weighted by Gasteiger charge is -2.26. The number of hydrogen-bond acceptors (Lipinski definition) is 2. The first-order valence-electron chi connectivity index (χ1n) is 7.57. The van der Waals surface area contributed by atoms with Crippen LogP contribution in [-0.4, -0.2) is 12.6 Å². The van der Waals surface area contributed by atoms with Crippen LogP contribution in [0.4, 0.5) is 0 Å². The zero-order valence-electron chi connectivity index (χ0n) is 12.2. The summed E-state index contributed by atoms with van der Waals surface area (Å²) in [5.74, 6) is 0.847. The maximum atomic E-state index is 3.75. The van der Waals surface area contributed by atoms with Crippen LogP contribution in [0.2, 0.25) is 0 Å². The van der Waals surface area contributed by atoms with Gasteiger partial charge in [-0.1, -0.05) is 39.7 Å². The van der Waals surface area contributed by atoms with Crippen molar-refractivity contribution in [2.24, 2.45) is 5.92 Å².